The van der Waals surface area contributed by atoms with Crippen LogP contribution in [0.15, 0.2) is 97.1 Å². The summed E-state index contributed by atoms with van der Waals surface area (Å²) >= 11 is 0. The van der Waals surface area contributed by atoms with E-state index in [0.29, 0.717) is 0 Å². The minimum absolute atomic E-state index is 0.179. The van der Waals surface area contributed by atoms with E-state index in [2.05, 4.69) is 111 Å². The molecule has 0 fully saturated rings. The van der Waals surface area contributed by atoms with Crippen LogP contribution in [-0.2, 0) is 5.41 Å². The Hall–Kier alpha value is -3.38. The van der Waals surface area contributed by atoms with E-state index in [1.54, 1.807) is 0 Å². The monoisotopic (exact) mass is 370 g/mol. The van der Waals surface area contributed by atoms with Gasteiger partial charge in [-0.25, -0.2) is 0 Å². The zero-order chi connectivity index (χ0) is 19.6. The fraction of sp³-hybridized carbons (Fsp3) is 0.103. The molecule has 0 spiro atoms. The van der Waals surface area contributed by atoms with Gasteiger partial charge in [-0.15, -0.1) is 0 Å². The van der Waals surface area contributed by atoms with Crippen LogP contribution in [0, 0.1) is 6.92 Å². The number of hydrogen-bond acceptors (Lipinski definition) is 0. The SMILES string of the molecule is Cc1ccccc1-c1ccccc1C1(C)c2cccc3ccc4cccc1c4c23. The van der Waals surface area contributed by atoms with E-state index in [1.165, 1.54) is 54.9 Å². The van der Waals surface area contributed by atoms with Crippen molar-refractivity contribution >= 4 is 21.5 Å². The summed E-state index contributed by atoms with van der Waals surface area (Å²) in [5.74, 6) is 0. The highest BCUT2D eigenvalue weighted by Crippen LogP contribution is 2.53. The maximum Gasteiger partial charge on any atom is 0.0442 e. The molecular weight excluding hydrogens is 348 g/mol. The first-order chi connectivity index (χ1) is 14.2. The van der Waals surface area contributed by atoms with Crippen LogP contribution in [0.5, 0.6) is 0 Å². The molecule has 5 aromatic rings. The van der Waals surface area contributed by atoms with E-state index in [4.69, 9.17) is 0 Å². The Bertz CT molecular complexity index is 1360. The van der Waals surface area contributed by atoms with Crippen molar-refractivity contribution in [3.05, 3.63) is 119 Å². The quantitative estimate of drug-likeness (QED) is 0.280. The second kappa shape index (κ2) is 5.81. The normalized spacial score (nSPS) is 14.1. The second-order valence-corrected chi connectivity index (χ2v) is 8.36. The molecule has 5 aromatic carbocycles. The lowest BCUT2D eigenvalue weighted by atomic mass is 9.71. The molecule has 0 radical (unpaired) electrons. The Kier molecular flexibility index (Phi) is 3.32. The molecule has 0 saturated heterocycles. The maximum absolute atomic E-state index is 2.41. The summed E-state index contributed by atoms with van der Waals surface area (Å²) in [4.78, 5) is 0. The van der Waals surface area contributed by atoms with Crippen LogP contribution < -0.4 is 0 Å². The third-order valence-corrected chi connectivity index (χ3v) is 6.86. The molecule has 0 bridgehead atoms. The third-order valence-electron chi connectivity index (χ3n) is 6.86. The fourth-order valence-corrected chi connectivity index (χ4v) is 5.45. The van der Waals surface area contributed by atoms with Crippen molar-refractivity contribution in [2.45, 2.75) is 19.3 Å². The van der Waals surface area contributed by atoms with Gasteiger partial charge in [0.1, 0.15) is 0 Å². The molecule has 0 aliphatic heterocycles. The van der Waals surface area contributed by atoms with Gasteiger partial charge in [-0.1, -0.05) is 97.1 Å². The van der Waals surface area contributed by atoms with Crippen LogP contribution in [0.1, 0.15) is 29.2 Å². The molecule has 0 nitrogen and oxygen atoms in total. The summed E-state index contributed by atoms with van der Waals surface area (Å²) in [5.41, 5.74) is 8.00. The lowest BCUT2D eigenvalue weighted by Crippen LogP contribution is -2.23. The topological polar surface area (TPSA) is 0 Å². The summed E-state index contributed by atoms with van der Waals surface area (Å²) in [5, 5.41) is 5.50. The van der Waals surface area contributed by atoms with Crippen LogP contribution in [0.25, 0.3) is 32.7 Å². The van der Waals surface area contributed by atoms with Crippen molar-refractivity contribution in [2.24, 2.45) is 0 Å². The lowest BCUT2D eigenvalue weighted by Gasteiger charge is -2.31. The Morgan fingerprint density at radius 3 is 1.62 bits per heavy atom. The predicted molar refractivity (Wildman–Crippen MR) is 124 cm³/mol. The van der Waals surface area contributed by atoms with Crippen LogP contribution >= 0.6 is 0 Å². The summed E-state index contributed by atoms with van der Waals surface area (Å²) < 4.78 is 0. The number of benzene rings is 5. The van der Waals surface area contributed by atoms with Crippen molar-refractivity contribution < 1.29 is 0 Å². The molecule has 0 atom stereocenters. The first-order valence-electron chi connectivity index (χ1n) is 10.3. The van der Waals surface area contributed by atoms with E-state index in [0.717, 1.165) is 0 Å². The first kappa shape index (κ1) is 16.6. The first-order valence-corrected chi connectivity index (χ1v) is 10.3. The van der Waals surface area contributed by atoms with E-state index in [9.17, 15) is 0 Å². The average Bonchev–Trinajstić information content (AvgIpc) is 3.04. The van der Waals surface area contributed by atoms with Gasteiger partial charge in [0, 0.05) is 5.41 Å². The van der Waals surface area contributed by atoms with Gasteiger partial charge in [-0.3, -0.25) is 0 Å². The van der Waals surface area contributed by atoms with Gasteiger partial charge in [-0.2, -0.15) is 0 Å². The summed E-state index contributed by atoms with van der Waals surface area (Å²) in [6.07, 6.45) is 0. The van der Waals surface area contributed by atoms with Crippen molar-refractivity contribution in [3.8, 4) is 11.1 Å². The molecular formula is C29H22. The van der Waals surface area contributed by atoms with E-state index < -0.39 is 0 Å². The second-order valence-electron chi connectivity index (χ2n) is 8.36. The molecule has 1 aliphatic carbocycles. The third kappa shape index (κ3) is 2.09. The highest BCUT2D eigenvalue weighted by atomic mass is 14.4. The predicted octanol–water partition coefficient (Wildman–Crippen LogP) is 7.64. The van der Waals surface area contributed by atoms with Crippen LogP contribution in [0.3, 0.4) is 0 Å². The molecule has 138 valence electrons. The van der Waals surface area contributed by atoms with Crippen LogP contribution in [-0.4, -0.2) is 0 Å². The summed E-state index contributed by atoms with van der Waals surface area (Å²) in [7, 11) is 0. The van der Waals surface area contributed by atoms with Crippen molar-refractivity contribution in [3.63, 3.8) is 0 Å². The largest absolute Gasteiger partial charge is 0.0620 e. The molecule has 1 aliphatic rings. The molecule has 0 amide bonds. The van der Waals surface area contributed by atoms with Gasteiger partial charge >= 0.3 is 0 Å². The summed E-state index contributed by atoms with van der Waals surface area (Å²) in [6.45, 7) is 4.62. The number of aryl methyl sites for hydroxylation is 1. The van der Waals surface area contributed by atoms with Crippen LogP contribution in [0.2, 0.25) is 0 Å². The zero-order valence-corrected chi connectivity index (χ0v) is 16.7. The van der Waals surface area contributed by atoms with E-state index >= 15 is 0 Å². The molecule has 29 heavy (non-hydrogen) atoms. The molecule has 0 saturated carbocycles. The number of rotatable bonds is 2. The molecule has 0 N–H and O–H groups in total. The van der Waals surface area contributed by atoms with E-state index in [1.807, 2.05) is 0 Å². The van der Waals surface area contributed by atoms with Gasteiger partial charge < -0.3 is 0 Å². The van der Waals surface area contributed by atoms with Gasteiger partial charge in [0.25, 0.3) is 0 Å². The highest BCUT2D eigenvalue weighted by molar-refractivity contribution is 6.15. The minimum Gasteiger partial charge on any atom is -0.0620 e. The minimum atomic E-state index is -0.179. The van der Waals surface area contributed by atoms with Crippen molar-refractivity contribution in [2.75, 3.05) is 0 Å². The average molecular weight is 370 g/mol. The Balaban J connectivity index is 1.76. The molecule has 0 heterocycles. The molecule has 6 rings (SSSR count). The van der Waals surface area contributed by atoms with Crippen LogP contribution in [0.4, 0.5) is 0 Å². The molecule has 0 unspecified atom stereocenters. The standard InChI is InChI=1S/C29H22/c1-19-9-3-4-12-22(19)23-13-5-6-14-24(23)29(2)25-15-7-10-20-17-18-21-11-8-16-26(29)28(21)27(20)25/h3-18H,1-2H3. The highest BCUT2D eigenvalue weighted by Gasteiger charge is 2.40. The molecule has 0 aromatic heterocycles. The van der Waals surface area contributed by atoms with E-state index in [-0.39, 0.29) is 5.41 Å². The fourth-order valence-electron chi connectivity index (χ4n) is 5.45. The zero-order valence-electron chi connectivity index (χ0n) is 16.7. The Labute approximate surface area is 171 Å². The summed E-state index contributed by atoms with van der Waals surface area (Å²) in [6, 6.07) is 35.8. The van der Waals surface area contributed by atoms with Gasteiger partial charge in [0.05, 0.1) is 0 Å². The smallest absolute Gasteiger partial charge is 0.0442 e. The molecule has 0 heteroatoms. The maximum atomic E-state index is 2.41. The Morgan fingerprint density at radius 2 is 1.00 bits per heavy atom. The van der Waals surface area contributed by atoms with Crippen molar-refractivity contribution in [1.82, 2.24) is 0 Å². The van der Waals surface area contributed by atoms with Gasteiger partial charge in [0.15, 0.2) is 0 Å². The van der Waals surface area contributed by atoms with Crippen molar-refractivity contribution in [1.29, 1.82) is 0 Å². The Morgan fingerprint density at radius 1 is 0.483 bits per heavy atom. The number of hydrogen-bond donors (Lipinski definition) is 0. The van der Waals surface area contributed by atoms with Gasteiger partial charge in [-0.05, 0) is 68.8 Å². The van der Waals surface area contributed by atoms with Gasteiger partial charge in [0.2, 0.25) is 0 Å². The lowest BCUT2D eigenvalue weighted by molar-refractivity contribution is 0.718.